The van der Waals surface area contributed by atoms with Gasteiger partial charge in [0, 0.05) is 24.7 Å². The first-order valence-electron chi connectivity index (χ1n) is 7.53. The Morgan fingerprint density at radius 3 is 2.25 bits per heavy atom. The highest BCUT2D eigenvalue weighted by Gasteiger charge is 2.28. The topological polar surface area (TPSA) is 46.3 Å². The van der Waals surface area contributed by atoms with E-state index < -0.39 is 0 Å². The van der Waals surface area contributed by atoms with Crippen LogP contribution in [0.5, 0.6) is 0 Å². The Bertz CT molecular complexity index is 490. The van der Waals surface area contributed by atoms with Gasteiger partial charge in [0.1, 0.15) is 0 Å². The fourth-order valence-electron chi connectivity index (χ4n) is 3.28. The van der Waals surface area contributed by atoms with Gasteiger partial charge >= 0.3 is 0 Å². The normalized spacial score (nSPS) is 20.5. The summed E-state index contributed by atoms with van der Waals surface area (Å²) in [5.74, 6) is 1.13. The summed E-state index contributed by atoms with van der Waals surface area (Å²) in [5.41, 5.74) is 7.90. The van der Waals surface area contributed by atoms with Crippen molar-refractivity contribution in [2.75, 3.05) is 18.8 Å². The van der Waals surface area contributed by atoms with Crippen LogP contribution in [-0.4, -0.2) is 23.9 Å². The molecule has 1 aliphatic carbocycles. The average Bonchev–Trinajstić information content (AvgIpc) is 3.02. The number of amides is 1. The molecule has 106 valence electrons. The first-order chi connectivity index (χ1) is 9.74. The van der Waals surface area contributed by atoms with Gasteiger partial charge in [-0.3, -0.25) is 4.79 Å². The van der Waals surface area contributed by atoms with Crippen molar-refractivity contribution in [1.82, 2.24) is 4.90 Å². The first-order valence-corrected chi connectivity index (χ1v) is 7.53. The highest BCUT2D eigenvalue weighted by Crippen LogP contribution is 2.30. The molecule has 0 radical (unpaired) electrons. The van der Waals surface area contributed by atoms with Crippen molar-refractivity contribution in [3.63, 3.8) is 0 Å². The molecule has 1 heterocycles. The fourth-order valence-corrected chi connectivity index (χ4v) is 3.28. The summed E-state index contributed by atoms with van der Waals surface area (Å²) in [6.07, 6.45) is 8.24. The number of benzene rings is 1. The number of hydrogen-bond donors (Lipinski definition) is 1. The summed E-state index contributed by atoms with van der Waals surface area (Å²) in [4.78, 5) is 14.4. The molecule has 1 aromatic rings. The molecular formula is C17H22N2O. The maximum absolute atomic E-state index is 12.4. The van der Waals surface area contributed by atoms with Crippen LogP contribution in [0.2, 0.25) is 0 Å². The SMILES string of the molecule is Nc1ccc(C2CCN(C(=O)C3CC=CC3)CC2)cc1. The molecule has 3 rings (SSSR count). The Kier molecular flexibility index (Phi) is 3.77. The first kappa shape index (κ1) is 13.2. The van der Waals surface area contributed by atoms with Crippen LogP contribution in [0.15, 0.2) is 36.4 Å². The second kappa shape index (κ2) is 5.70. The molecule has 1 fully saturated rings. The van der Waals surface area contributed by atoms with E-state index in [9.17, 15) is 4.79 Å². The van der Waals surface area contributed by atoms with E-state index in [0.717, 1.165) is 44.5 Å². The zero-order valence-corrected chi connectivity index (χ0v) is 11.8. The summed E-state index contributed by atoms with van der Waals surface area (Å²) in [7, 11) is 0. The summed E-state index contributed by atoms with van der Waals surface area (Å²) in [5, 5.41) is 0. The fraction of sp³-hybridized carbons (Fsp3) is 0.471. The smallest absolute Gasteiger partial charge is 0.226 e. The number of nitrogens with zero attached hydrogens (tertiary/aromatic N) is 1. The Labute approximate surface area is 120 Å². The van der Waals surface area contributed by atoms with Crippen molar-refractivity contribution in [3.05, 3.63) is 42.0 Å². The van der Waals surface area contributed by atoms with Gasteiger partial charge in [-0.05, 0) is 49.3 Å². The van der Waals surface area contributed by atoms with Crippen molar-refractivity contribution < 1.29 is 4.79 Å². The Morgan fingerprint density at radius 2 is 1.65 bits per heavy atom. The zero-order valence-electron chi connectivity index (χ0n) is 11.8. The van der Waals surface area contributed by atoms with E-state index in [4.69, 9.17) is 5.73 Å². The van der Waals surface area contributed by atoms with Crippen LogP contribution in [0, 0.1) is 5.92 Å². The number of hydrogen-bond acceptors (Lipinski definition) is 2. The Hall–Kier alpha value is -1.77. The minimum atomic E-state index is 0.211. The standard InChI is InChI=1S/C17H22N2O/c18-16-7-5-13(6-8-16)14-9-11-19(12-10-14)17(20)15-3-1-2-4-15/h1-2,5-8,14-15H,3-4,9-12,18H2. The van der Waals surface area contributed by atoms with Crippen molar-refractivity contribution in [3.8, 4) is 0 Å². The van der Waals surface area contributed by atoms with Crippen LogP contribution in [0.1, 0.15) is 37.2 Å². The van der Waals surface area contributed by atoms with Crippen LogP contribution in [-0.2, 0) is 4.79 Å². The summed E-state index contributed by atoms with van der Waals surface area (Å²) < 4.78 is 0. The molecule has 0 aromatic heterocycles. The third-order valence-electron chi connectivity index (χ3n) is 4.57. The molecule has 1 aromatic carbocycles. The van der Waals surface area contributed by atoms with E-state index in [1.54, 1.807) is 0 Å². The number of allylic oxidation sites excluding steroid dienone is 2. The monoisotopic (exact) mass is 270 g/mol. The van der Waals surface area contributed by atoms with Gasteiger partial charge < -0.3 is 10.6 Å². The third-order valence-corrected chi connectivity index (χ3v) is 4.57. The highest BCUT2D eigenvalue weighted by atomic mass is 16.2. The third kappa shape index (κ3) is 2.72. The maximum atomic E-state index is 12.4. The highest BCUT2D eigenvalue weighted by molar-refractivity contribution is 5.79. The van der Waals surface area contributed by atoms with Gasteiger partial charge in [0.15, 0.2) is 0 Å². The summed E-state index contributed by atoms with van der Waals surface area (Å²) in [6.45, 7) is 1.79. The molecule has 2 N–H and O–H groups in total. The van der Waals surface area contributed by atoms with E-state index >= 15 is 0 Å². The van der Waals surface area contributed by atoms with Crippen molar-refractivity contribution in [2.24, 2.45) is 5.92 Å². The second-order valence-corrected chi connectivity index (χ2v) is 5.91. The van der Waals surface area contributed by atoms with Crippen LogP contribution >= 0.6 is 0 Å². The Balaban J connectivity index is 1.56. The minimum Gasteiger partial charge on any atom is -0.399 e. The quantitative estimate of drug-likeness (QED) is 0.663. The van der Waals surface area contributed by atoms with Crippen molar-refractivity contribution in [1.29, 1.82) is 0 Å². The van der Waals surface area contributed by atoms with Gasteiger partial charge in [0.25, 0.3) is 0 Å². The number of carbonyl (C=O) groups is 1. The largest absolute Gasteiger partial charge is 0.399 e. The molecule has 0 unspecified atom stereocenters. The molecular weight excluding hydrogens is 248 g/mol. The molecule has 3 heteroatoms. The van der Waals surface area contributed by atoms with Crippen LogP contribution in [0.4, 0.5) is 5.69 Å². The summed E-state index contributed by atoms with van der Waals surface area (Å²) in [6, 6.07) is 8.19. The maximum Gasteiger partial charge on any atom is 0.226 e. The lowest BCUT2D eigenvalue weighted by Crippen LogP contribution is -2.40. The lowest BCUT2D eigenvalue weighted by Gasteiger charge is -2.33. The molecule has 2 aliphatic rings. The molecule has 0 bridgehead atoms. The van der Waals surface area contributed by atoms with E-state index in [0.29, 0.717) is 11.8 Å². The number of piperidine rings is 1. The van der Waals surface area contributed by atoms with E-state index in [1.807, 2.05) is 12.1 Å². The average molecular weight is 270 g/mol. The van der Waals surface area contributed by atoms with Gasteiger partial charge in [-0.15, -0.1) is 0 Å². The molecule has 1 aliphatic heterocycles. The van der Waals surface area contributed by atoms with Gasteiger partial charge in [0.05, 0.1) is 0 Å². The lowest BCUT2D eigenvalue weighted by atomic mass is 9.89. The van der Waals surface area contributed by atoms with Crippen LogP contribution in [0.3, 0.4) is 0 Å². The van der Waals surface area contributed by atoms with E-state index in [1.165, 1.54) is 5.56 Å². The second-order valence-electron chi connectivity index (χ2n) is 5.91. The van der Waals surface area contributed by atoms with Crippen molar-refractivity contribution >= 4 is 11.6 Å². The van der Waals surface area contributed by atoms with Crippen LogP contribution in [0.25, 0.3) is 0 Å². The minimum absolute atomic E-state index is 0.211. The van der Waals surface area contributed by atoms with Crippen molar-refractivity contribution in [2.45, 2.75) is 31.6 Å². The predicted octanol–water partition coefficient (Wildman–Crippen LogP) is 2.94. The lowest BCUT2D eigenvalue weighted by molar-refractivity contribution is -0.136. The van der Waals surface area contributed by atoms with Gasteiger partial charge in [0.2, 0.25) is 5.91 Å². The van der Waals surface area contributed by atoms with Crippen LogP contribution < -0.4 is 5.73 Å². The zero-order chi connectivity index (χ0) is 13.9. The molecule has 0 saturated carbocycles. The number of nitrogen functional groups attached to an aromatic ring is 1. The number of anilines is 1. The molecule has 20 heavy (non-hydrogen) atoms. The van der Waals surface area contributed by atoms with Gasteiger partial charge in [-0.25, -0.2) is 0 Å². The Morgan fingerprint density at radius 1 is 1.05 bits per heavy atom. The van der Waals surface area contributed by atoms with Gasteiger partial charge in [-0.2, -0.15) is 0 Å². The molecule has 3 nitrogen and oxygen atoms in total. The number of likely N-dealkylation sites (tertiary alicyclic amines) is 1. The molecule has 0 spiro atoms. The van der Waals surface area contributed by atoms with E-state index in [2.05, 4.69) is 29.2 Å². The van der Waals surface area contributed by atoms with E-state index in [-0.39, 0.29) is 5.92 Å². The number of rotatable bonds is 2. The number of nitrogens with two attached hydrogens (primary N) is 1. The number of carbonyl (C=O) groups excluding carboxylic acids is 1. The molecule has 1 saturated heterocycles. The predicted molar refractivity (Wildman–Crippen MR) is 81.3 cm³/mol. The molecule has 0 atom stereocenters. The van der Waals surface area contributed by atoms with Gasteiger partial charge in [-0.1, -0.05) is 24.3 Å². The summed E-state index contributed by atoms with van der Waals surface area (Å²) >= 11 is 0. The molecule has 1 amide bonds.